The first-order chi connectivity index (χ1) is 8.58. The molecule has 0 fully saturated rings. The number of rotatable bonds is 7. The molecule has 4 heteroatoms. The van der Waals surface area contributed by atoms with Crippen molar-refractivity contribution in [2.45, 2.75) is 26.3 Å². The molecule has 1 N–H and O–H groups in total. The third-order valence-corrected chi connectivity index (χ3v) is 4.17. The molecule has 18 heavy (non-hydrogen) atoms. The van der Waals surface area contributed by atoms with Crippen LogP contribution in [0.4, 0.5) is 4.39 Å². The molecule has 0 spiro atoms. The Morgan fingerprint density at radius 2 is 2.17 bits per heavy atom. The van der Waals surface area contributed by atoms with Gasteiger partial charge in [0.15, 0.2) is 0 Å². The topological polar surface area (TPSA) is 12.0 Å². The molecule has 0 saturated heterocycles. The van der Waals surface area contributed by atoms with Crippen LogP contribution in [0.1, 0.15) is 19.4 Å². The highest BCUT2D eigenvalue weighted by molar-refractivity contribution is 7.98. The van der Waals surface area contributed by atoms with Crippen LogP contribution < -0.4 is 5.32 Å². The second-order valence-corrected chi connectivity index (χ2v) is 5.87. The lowest BCUT2D eigenvalue weighted by Crippen LogP contribution is -2.37. The molecule has 0 heterocycles. The molecule has 0 aromatic heterocycles. The summed E-state index contributed by atoms with van der Waals surface area (Å²) in [6.45, 7) is 5.30. The van der Waals surface area contributed by atoms with Gasteiger partial charge in [-0.25, -0.2) is 4.39 Å². The first kappa shape index (κ1) is 15.8. The Hall–Kier alpha value is -0.250. The Labute approximate surface area is 118 Å². The van der Waals surface area contributed by atoms with Gasteiger partial charge in [-0.05, 0) is 48.6 Å². The monoisotopic (exact) mass is 289 g/mol. The van der Waals surface area contributed by atoms with Gasteiger partial charge in [0.2, 0.25) is 0 Å². The van der Waals surface area contributed by atoms with Crippen molar-refractivity contribution in [1.29, 1.82) is 0 Å². The molecule has 1 aromatic carbocycles. The van der Waals surface area contributed by atoms with Gasteiger partial charge in [-0.1, -0.05) is 31.5 Å². The summed E-state index contributed by atoms with van der Waals surface area (Å²) in [6.07, 6.45) is 3.00. The third-order valence-electron chi connectivity index (χ3n) is 3.02. The van der Waals surface area contributed by atoms with E-state index in [1.165, 1.54) is 6.07 Å². The van der Waals surface area contributed by atoms with Crippen LogP contribution in [0.3, 0.4) is 0 Å². The molecule has 0 aliphatic carbocycles. The number of thioether (sulfide) groups is 1. The van der Waals surface area contributed by atoms with Crippen molar-refractivity contribution >= 4 is 23.4 Å². The van der Waals surface area contributed by atoms with E-state index in [4.69, 9.17) is 11.6 Å². The Morgan fingerprint density at radius 3 is 2.72 bits per heavy atom. The number of likely N-dealkylation sites (N-methyl/N-ethyl adjacent to an activating group) is 1. The Kier molecular flexibility index (Phi) is 7.05. The van der Waals surface area contributed by atoms with Crippen LogP contribution in [0.2, 0.25) is 5.02 Å². The predicted molar refractivity (Wildman–Crippen MR) is 80.1 cm³/mol. The van der Waals surface area contributed by atoms with E-state index < -0.39 is 0 Å². The minimum absolute atomic E-state index is 0.209. The van der Waals surface area contributed by atoms with Crippen molar-refractivity contribution in [1.82, 2.24) is 5.32 Å². The van der Waals surface area contributed by atoms with E-state index in [0.29, 0.717) is 12.0 Å². The lowest BCUT2D eigenvalue weighted by Gasteiger charge is -2.24. The van der Waals surface area contributed by atoms with Crippen molar-refractivity contribution < 1.29 is 4.39 Å². The first-order valence-electron chi connectivity index (χ1n) is 6.24. The van der Waals surface area contributed by atoms with Gasteiger partial charge in [0.25, 0.3) is 0 Å². The van der Waals surface area contributed by atoms with Gasteiger partial charge in [0, 0.05) is 6.04 Å². The fraction of sp³-hybridized carbons (Fsp3) is 0.571. The van der Waals surface area contributed by atoms with Crippen LogP contribution in [-0.4, -0.2) is 24.6 Å². The SMILES string of the molecule is CCNC(Cc1ccc(F)c(Cl)c1)C(C)CSC. The molecule has 0 amide bonds. The summed E-state index contributed by atoms with van der Waals surface area (Å²) in [5.41, 5.74) is 1.08. The average molecular weight is 290 g/mol. The maximum absolute atomic E-state index is 13.1. The van der Waals surface area contributed by atoms with E-state index in [-0.39, 0.29) is 10.8 Å². The number of hydrogen-bond donors (Lipinski definition) is 1. The molecule has 0 saturated carbocycles. The minimum atomic E-state index is -0.349. The first-order valence-corrected chi connectivity index (χ1v) is 8.01. The van der Waals surface area contributed by atoms with Crippen LogP contribution in [0.25, 0.3) is 0 Å². The van der Waals surface area contributed by atoms with Crippen LogP contribution >= 0.6 is 23.4 Å². The van der Waals surface area contributed by atoms with Crippen molar-refractivity contribution in [2.75, 3.05) is 18.6 Å². The zero-order chi connectivity index (χ0) is 13.5. The fourth-order valence-corrected chi connectivity index (χ4v) is 3.00. The molecular weight excluding hydrogens is 269 g/mol. The number of nitrogens with one attached hydrogen (secondary N) is 1. The van der Waals surface area contributed by atoms with Crippen LogP contribution in [0, 0.1) is 11.7 Å². The van der Waals surface area contributed by atoms with Crippen molar-refractivity contribution in [2.24, 2.45) is 5.92 Å². The van der Waals surface area contributed by atoms with E-state index in [1.807, 2.05) is 17.8 Å². The van der Waals surface area contributed by atoms with Gasteiger partial charge in [-0.2, -0.15) is 11.8 Å². The summed E-state index contributed by atoms with van der Waals surface area (Å²) < 4.78 is 13.1. The lowest BCUT2D eigenvalue weighted by molar-refractivity contribution is 0.410. The summed E-state index contributed by atoms with van der Waals surface area (Å²) in [5, 5.41) is 3.71. The minimum Gasteiger partial charge on any atom is -0.314 e. The Balaban J connectivity index is 2.72. The van der Waals surface area contributed by atoms with E-state index in [0.717, 1.165) is 24.3 Å². The van der Waals surface area contributed by atoms with Crippen molar-refractivity contribution in [3.63, 3.8) is 0 Å². The number of benzene rings is 1. The largest absolute Gasteiger partial charge is 0.314 e. The van der Waals surface area contributed by atoms with E-state index in [1.54, 1.807) is 6.07 Å². The highest BCUT2D eigenvalue weighted by atomic mass is 35.5. The maximum Gasteiger partial charge on any atom is 0.141 e. The van der Waals surface area contributed by atoms with Gasteiger partial charge in [0.05, 0.1) is 5.02 Å². The molecule has 0 aliphatic rings. The van der Waals surface area contributed by atoms with Crippen LogP contribution in [-0.2, 0) is 6.42 Å². The molecule has 0 radical (unpaired) electrons. The van der Waals surface area contributed by atoms with Gasteiger partial charge >= 0.3 is 0 Å². The second kappa shape index (κ2) is 8.03. The van der Waals surface area contributed by atoms with Crippen molar-refractivity contribution in [3.8, 4) is 0 Å². The summed E-state index contributed by atoms with van der Waals surface area (Å²) >= 11 is 7.67. The molecule has 2 atom stereocenters. The summed E-state index contributed by atoms with van der Waals surface area (Å²) in [4.78, 5) is 0. The second-order valence-electron chi connectivity index (χ2n) is 4.55. The van der Waals surface area contributed by atoms with Gasteiger partial charge < -0.3 is 5.32 Å². The molecule has 0 bridgehead atoms. The summed E-state index contributed by atoms with van der Waals surface area (Å²) in [7, 11) is 0. The number of hydrogen-bond acceptors (Lipinski definition) is 2. The third kappa shape index (κ3) is 4.79. The van der Waals surface area contributed by atoms with Crippen LogP contribution in [0.5, 0.6) is 0 Å². The molecule has 2 unspecified atom stereocenters. The zero-order valence-electron chi connectivity index (χ0n) is 11.2. The normalized spacial score (nSPS) is 14.5. The number of halogens is 2. The Bertz CT molecular complexity index is 373. The standard InChI is InChI=1S/C14H21ClFNS/c1-4-17-14(10(2)9-18-3)8-11-5-6-13(16)12(15)7-11/h5-7,10,14,17H,4,8-9H2,1-3H3. The van der Waals surface area contributed by atoms with Crippen molar-refractivity contribution in [3.05, 3.63) is 34.6 Å². The van der Waals surface area contributed by atoms with E-state index in [9.17, 15) is 4.39 Å². The van der Waals surface area contributed by atoms with Gasteiger partial charge in [0.1, 0.15) is 5.82 Å². The van der Waals surface area contributed by atoms with E-state index in [2.05, 4.69) is 25.4 Å². The van der Waals surface area contributed by atoms with Gasteiger partial charge in [-0.3, -0.25) is 0 Å². The fourth-order valence-electron chi connectivity index (χ4n) is 2.04. The molecule has 1 aromatic rings. The highest BCUT2D eigenvalue weighted by Gasteiger charge is 2.16. The Morgan fingerprint density at radius 1 is 1.44 bits per heavy atom. The maximum atomic E-state index is 13.1. The molecule has 0 aliphatic heterocycles. The lowest BCUT2D eigenvalue weighted by atomic mass is 9.96. The predicted octanol–water partition coefficient (Wildman–Crippen LogP) is 4.00. The van der Waals surface area contributed by atoms with Crippen LogP contribution in [0.15, 0.2) is 18.2 Å². The quantitative estimate of drug-likeness (QED) is 0.814. The summed E-state index contributed by atoms with van der Waals surface area (Å²) in [6, 6.07) is 5.40. The molecule has 102 valence electrons. The molecule has 1 rings (SSSR count). The average Bonchev–Trinajstić information content (AvgIpc) is 2.33. The van der Waals surface area contributed by atoms with Gasteiger partial charge in [-0.15, -0.1) is 0 Å². The summed E-state index contributed by atoms with van der Waals surface area (Å²) in [5.74, 6) is 1.34. The van der Waals surface area contributed by atoms with E-state index >= 15 is 0 Å². The smallest absolute Gasteiger partial charge is 0.141 e. The molecule has 1 nitrogen and oxygen atoms in total. The molecular formula is C14H21ClFNS. The highest BCUT2D eigenvalue weighted by Crippen LogP contribution is 2.19. The zero-order valence-corrected chi connectivity index (χ0v) is 12.7.